The van der Waals surface area contributed by atoms with E-state index >= 15 is 0 Å². The highest BCUT2D eigenvalue weighted by atomic mass is 32.2. The van der Waals surface area contributed by atoms with Crippen LogP contribution in [-0.2, 0) is 14.8 Å². The smallest absolute Gasteiger partial charge is 0.262 e. The van der Waals surface area contributed by atoms with E-state index in [-0.39, 0.29) is 23.2 Å². The summed E-state index contributed by atoms with van der Waals surface area (Å²) in [5.41, 5.74) is 2.02. The number of nitrogens with one attached hydrogen (secondary N) is 1. The number of aryl methyl sites for hydroxylation is 1. The van der Waals surface area contributed by atoms with Gasteiger partial charge in [-0.3, -0.25) is 9.52 Å². The molecule has 4 rings (SSSR count). The van der Waals surface area contributed by atoms with Crippen molar-refractivity contribution < 1.29 is 27.1 Å². The van der Waals surface area contributed by atoms with Gasteiger partial charge in [0.05, 0.1) is 30.8 Å². The number of nitrogens with zero attached hydrogens (tertiary/aromatic N) is 1. The Balaban J connectivity index is 1.57. The minimum absolute atomic E-state index is 0.0318. The van der Waals surface area contributed by atoms with E-state index < -0.39 is 16.1 Å². The summed E-state index contributed by atoms with van der Waals surface area (Å²) < 4.78 is 52.9. The first-order chi connectivity index (χ1) is 16.3. The van der Waals surface area contributed by atoms with E-state index in [0.717, 1.165) is 5.56 Å². The zero-order valence-electron chi connectivity index (χ0n) is 18.8. The van der Waals surface area contributed by atoms with Crippen molar-refractivity contribution in [2.75, 3.05) is 31.5 Å². The lowest BCUT2D eigenvalue weighted by atomic mass is 10.0. The van der Waals surface area contributed by atoms with Crippen LogP contribution in [0.3, 0.4) is 0 Å². The zero-order chi connectivity index (χ0) is 24.3. The Morgan fingerprint density at radius 3 is 2.59 bits per heavy atom. The maximum atomic E-state index is 13.4. The van der Waals surface area contributed by atoms with Crippen molar-refractivity contribution in [3.8, 4) is 5.75 Å². The number of carbonyl (C=O) groups is 1. The van der Waals surface area contributed by atoms with Gasteiger partial charge < -0.3 is 14.4 Å². The third kappa shape index (κ3) is 5.05. The predicted molar refractivity (Wildman–Crippen MR) is 126 cm³/mol. The summed E-state index contributed by atoms with van der Waals surface area (Å²) in [7, 11) is -2.51. The molecular weight excluding hydrogens is 459 g/mol. The fraction of sp³-hybridized carbons (Fsp3) is 0.240. The van der Waals surface area contributed by atoms with Crippen molar-refractivity contribution in [2.45, 2.75) is 17.9 Å². The maximum Gasteiger partial charge on any atom is 0.262 e. The van der Waals surface area contributed by atoms with Crippen LogP contribution >= 0.6 is 0 Å². The van der Waals surface area contributed by atoms with Crippen LogP contribution < -0.4 is 9.46 Å². The summed E-state index contributed by atoms with van der Waals surface area (Å²) in [5, 5.41) is 0. The van der Waals surface area contributed by atoms with E-state index in [9.17, 15) is 17.6 Å². The zero-order valence-corrected chi connectivity index (χ0v) is 19.6. The van der Waals surface area contributed by atoms with Crippen LogP contribution in [-0.4, -0.2) is 46.0 Å². The first kappa shape index (κ1) is 23.7. The van der Waals surface area contributed by atoms with Crippen molar-refractivity contribution in [3.63, 3.8) is 0 Å². The van der Waals surface area contributed by atoms with Gasteiger partial charge in [0.15, 0.2) is 0 Å². The molecule has 1 fully saturated rings. The number of halogens is 1. The van der Waals surface area contributed by atoms with Gasteiger partial charge in [0.1, 0.15) is 17.7 Å². The van der Waals surface area contributed by atoms with E-state index in [4.69, 9.17) is 9.47 Å². The topological polar surface area (TPSA) is 84.9 Å². The molecule has 0 radical (unpaired) electrons. The van der Waals surface area contributed by atoms with Crippen molar-refractivity contribution in [2.24, 2.45) is 0 Å². The molecule has 9 heteroatoms. The number of morpholine rings is 1. The van der Waals surface area contributed by atoms with Gasteiger partial charge in [-0.15, -0.1) is 0 Å². The minimum Gasteiger partial charge on any atom is -0.495 e. The Morgan fingerprint density at radius 1 is 1.12 bits per heavy atom. The van der Waals surface area contributed by atoms with E-state index in [0.29, 0.717) is 35.7 Å². The summed E-state index contributed by atoms with van der Waals surface area (Å²) in [6.45, 7) is 2.72. The number of amides is 1. The molecule has 1 amide bonds. The Hall–Kier alpha value is -3.43. The van der Waals surface area contributed by atoms with Gasteiger partial charge in [0, 0.05) is 12.1 Å². The van der Waals surface area contributed by atoms with Crippen LogP contribution in [0, 0.1) is 12.7 Å². The molecule has 0 spiro atoms. The number of methoxy groups -OCH3 is 1. The van der Waals surface area contributed by atoms with Crippen LogP contribution in [0.2, 0.25) is 0 Å². The van der Waals surface area contributed by atoms with E-state index in [1.54, 1.807) is 54.3 Å². The molecule has 0 saturated carbocycles. The second kappa shape index (κ2) is 9.82. The summed E-state index contributed by atoms with van der Waals surface area (Å²) in [6.07, 6.45) is -0.391. The molecule has 178 valence electrons. The second-order valence-electron chi connectivity index (χ2n) is 7.94. The van der Waals surface area contributed by atoms with Gasteiger partial charge in [0.25, 0.3) is 15.9 Å². The molecule has 3 aromatic rings. The normalized spacial score (nSPS) is 16.2. The largest absolute Gasteiger partial charge is 0.495 e. The molecule has 1 unspecified atom stereocenters. The van der Waals surface area contributed by atoms with Gasteiger partial charge in [0.2, 0.25) is 0 Å². The summed E-state index contributed by atoms with van der Waals surface area (Å²) >= 11 is 0. The third-order valence-corrected chi connectivity index (χ3v) is 7.06. The molecule has 7 nitrogen and oxygen atoms in total. The predicted octanol–water partition coefficient (Wildman–Crippen LogP) is 4.16. The van der Waals surface area contributed by atoms with Crippen LogP contribution in [0.1, 0.15) is 27.6 Å². The van der Waals surface area contributed by atoms with E-state index in [2.05, 4.69) is 4.72 Å². The molecule has 0 aromatic heterocycles. The molecule has 34 heavy (non-hydrogen) atoms. The van der Waals surface area contributed by atoms with E-state index in [1.165, 1.54) is 31.4 Å². The highest BCUT2D eigenvalue weighted by Gasteiger charge is 2.28. The molecular formula is C25H25FN2O5S. The summed E-state index contributed by atoms with van der Waals surface area (Å²) in [5.74, 6) is -0.250. The fourth-order valence-electron chi connectivity index (χ4n) is 3.81. The Bertz CT molecular complexity index is 1290. The molecule has 1 heterocycles. The average molecular weight is 485 g/mol. The quantitative estimate of drug-likeness (QED) is 0.568. The summed E-state index contributed by atoms with van der Waals surface area (Å²) in [4.78, 5) is 15.0. The number of hydrogen-bond acceptors (Lipinski definition) is 5. The molecule has 1 saturated heterocycles. The first-order valence-corrected chi connectivity index (χ1v) is 12.2. The number of anilines is 1. The number of carbonyl (C=O) groups excluding carboxylic acids is 1. The molecule has 3 aromatic carbocycles. The lowest BCUT2D eigenvalue weighted by Crippen LogP contribution is -2.42. The van der Waals surface area contributed by atoms with Crippen molar-refractivity contribution >= 4 is 21.6 Å². The fourth-order valence-corrected chi connectivity index (χ4v) is 4.91. The number of benzene rings is 3. The van der Waals surface area contributed by atoms with Gasteiger partial charge >= 0.3 is 0 Å². The first-order valence-electron chi connectivity index (χ1n) is 10.7. The van der Waals surface area contributed by atoms with Gasteiger partial charge in [-0.2, -0.15) is 0 Å². The Labute approximate surface area is 198 Å². The van der Waals surface area contributed by atoms with Crippen molar-refractivity contribution in [3.05, 3.63) is 89.2 Å². The number of hydrogen-bond donors (Lipinski definition) is 1. The van der Waals surface area contributed by atoms with E-state index in [1.807, 2.05) is 0 Å². The lowest BCUT2D eigenvalue weighted by molar-refractivity contribution is -0.0228. The van der Waals surface area contributed by atoms with Gasteiger partial charge in [-0.05, 0) is 54.4 Å². The number of ether oxygens (including phenoxy) is 2. The van der Waals surface area contributed by atoms with Gasteiger partial charge in [-0.25, -0.2) is 12.8 Å². The number of rotatable bonds is 6. The van der Waals surface area contributed by atoms with Crippen LogP contribution in [0.4, 0.5) is 10.1 Å². The highest BCUT2D eigenvalue weighted by molar-refractivity contribution is 7.92. The molecule has 1 N–H and O–H groups in total. The summed E-state index contributed by atoms with van der Waals surface area (Å²) in [6, 6.07) is 17.1. The SMILES string of the molecule is COc1ccccc1NS(=O)(=O)c1ccc(C)c(C(=O)N2CCOC(c3ccc(F)cc3)C2)c1. The standard InChI is InChI=1S/C25H25FN2O5S/c1-17-7-12-20(34(30,31)27-22-5-3-4-6-23(22)32-2)15-21(17)25(29)28-13-14-33-24(16-28)18-8-10-19(26)11-9-18/h3-12,15,24,27H,13-14,16H2,1-2H3. The van der Waals surface area contributed by atoms with Crippen LogP contribution in [0.25, 0.3) is 0 Å². The Kier molecular flexibility index (Phi) is 6.85. The molecule has 1 aliphatic rings. The average Bonchev–Trinajstić information content (AvgIpc) is 2.84. The van der Waals surface area contributed by atoms with Crippen LogP contribution in [0.5, 0.6) is 5.75 Å². The van der Waals surface area contributed by atoms with Crippen molar-refractivity contribution in [1.82, 2.24) is 4.90 Å². The molecule has 0 aliphatic carbocycles. The molecule has 1 atom stereocenters. The second-order valence-corrected chi connectivity index (χ2v) is 9.63. The molecule has 0 bridgehead atoms. The van der Waals surface area contributed by atoms with Crippen LogP contribution in [0.15, 0.2) is 71.6 Å². The number of para-hydroxylation sites is 2. The third-order valence-electron chi connectivity index (χ3n) is 5.70. The minimum atomic E-state index is -3.97. The van der Waals surface area contributed by atoms with Gasteiger partial charge in [-0.1, -0.05) is 30.3 Å². The Morgan fingerprint density at radius 2 is 1.85 bits per heavy atom. The lowest BCUT2D eigenvalue weighted by Gasteiger charge is -2.33. The highest BCUT2D eigenvalue weighted by Crippen LogP contribution is 2.28. The monoisotopic (exact) mass is 484 g/mol. The van der Waals surface area contributed by atoms with Crippen molar-refractivity contribution in [1.29, 1.82) is 0 Å². The maximum absolute atomic E-state index is 13.4. The molecule has 1 aliphatic heterocycles. The number of sulfonamides is 1.